The lowest BCUT2D eigenvalue weighted by atomic mass is 10.3. The molecule has 0 N–H and O–H groups in total. The van der Waals surface area contributed by atoms with E-state index in [0.29, 0.717) is 0 Å². The Morgan fingerprint density at radius 2 is 2.00 bits per heavy atom. The first kappa shape index (κ1) is 14.4. The number of nitrogens with zero attached hydrogens (tertiary/aromatic N) is 3. The van der Waals surface area contributed by atoms with Crippen molar-refractivity contribution in [3.05, 3.63) is 47.5 Å². The lowest BCUT2D eigenvalue weighted by Gasteiger charge is -2.03. The van der Waals surface area contributed by atoms with Crippen molar-refractivity contribution < 1.29 is 4.39 Å². The summed E-state index contributed by atoms with van der Waals surface area (Å²) in [6.07, 6.45) is 1.99. The van der Waals surface area contributed by atoms with Gasteiger partial charge in [0, 0.05) is 16.3 Å². The molecule has 0 saturated heterocycles. The van der Waals surface area contributed by atoms with Gasteiger partial charge in [-0.05, 0) is 44.4 Å². The molecule has 21 heavy (non-hydrogen) atoms. The van der Waals surface area contributed by atoms with Gasteiger partial charge < -0.3 is 0 Å². The van der Waals surface area contributed by atoms with Crippen molar-refractivity contribution in [3.63, 3.8) is 0 Å². The van der Waals surface area contributed by atoms with E-state index < -0.39 is 0 Å². The van der Waals surface area contributed by atoms with Gasteiger partial charge in [-0.2, -0.15) is 5.10 Å². The molecular weight excluding hydrogens is 305 g/mol. The van der Waals surface area contributed by atoms with Crippen LogP contribution >= 0.6 is 23.5 Å². The third-order valence-electron chi connectivity index (χ3n) is 3.03. The molecule has 6 heteroatoms. The SMILES string of the molecule is CSc1nn2c(C)cc(C)nc2c1Sc1cccc(F)c1. The summed E-state index contributed by atoms with van der Waals surface area (Å²) in [5, 5.41) is 5.50. The Bertz CT molecular complexity index is 814. The highest BCUT2D eigenvalue weighted by molar-refractivity contribution is 8.02. The maximum Gasteiger partial charge on any atom is 0.170 e. The van der Waals surface area contributed by atoms with Crippen LogP contribution in [0.5, 0.6) is 0 Å². The van der Waals surface area contributed by atoms with Crippen molar-refractivity contribution in [2.75, 3.05) is 6.26 Å². The maximum atomic E-state index is 13.4. The first-order chi connectivity index (χ1) is 10.1. The van der Waals surface area contributed by atoms with E-state index in [1.165, 1.54) is 23.9 Å². The number of halogens is 1. The minimum Gasteiger partial charge on any atom is -0.233 e. The van der Waals surface area contributed by atoms with E-state index in [-0.39, 0.29) is 5.82 Å². The van der Waals surface area contributed by atoms with Crippen LogP contribution in [0.4, 0.5) is 4.39 Å². The molecule has 0 fully saturated rings. The Labute approximate surface area is 131 Å². The summed E-state index contributed by atoms with van der Waals surface area (Å²) in [5.41, 5.74) is 2.82. The van der Waals surface area contributed by atoms with E-state index in [9.17, 15) is 4.39 Å². The van der Waals surface area contributed by atoms with Gasteiger partial charge in [-0.3, -0.25) is 0 Å². The Balaban J connectivity index is 2.16. The number of fused-ring (bicyclic) bond motifs is 1. The largest absolute Gasteiger partial charge is 0.233 e. The number of rotatable bonds is 3. The van der Waals surface area contributed by atoms with E-state index >= 15 is 0 Å². The highest BCUT2D eigenvalue weighted by atomic mass is 32.2. The number of thioether (sulfide) groups is 1. The van der Waals surface area contributed by atoms with Crippen LogP contribution in [0.1, 0.15) is 11.4 Å². The van der Waals surface area contributed by atoms with Crippen molar-refractivity contribution in [3.8, 4) is 0 Å². The van der Waals surface area contributed by atoms with Crippen LogP contribution in [0.3, 0.4) is 0 Å². The average molecular weight is 319 g/mol. The predicted molar refractivity (Wildman–Crippen MR) is 84.8 cm³/mol. The standard InChI is InChI=1S/C15H14FN3S2/c1-9-7-10(2)19-14(17-9)13(15(18-19)20-3)21-12-6-4-5-11(16)8-12/h4-8H,1-3H3. The second-order valence-electron chi connectivity index (χ2n) is 4.67. The molecule has 0 spiro atoms. The summed E-state index contributed by atoms with van der Waals surface area (Å²) < 4.78 is 15.2. The smallest absolute Gasteiger partial charge is 0.170 e. The van der Waals surface area contributed by atoms with Crippen LogP contribution < -0.4 is 0 Å². The van der Waals surface area contributed by atoms with Gasteiger partial charge in [-0.25, -0.2) is 13.9 Å². The molecule has 0 aliphatic rings. The molecule has 2 heterocycles. The molecule has 0 bridgehead atoms. The molecule has 1 aromatic carbocycles. The Hall–Kier alpha value is -1.53. The van der Waals surface area contributed by atoms with E-state index in [1.54, 1.807) is 17.8 Å². The highest BCUT2D eigenvalue weighted by Gasteiger charge is 2.16. The molecule has 3 aromatic rings. The number of hydrogen-bond donors (Lipinski definition) is 0. The van der Waals surface area contributed by atoms with Gasteiger partial charge in [-0.1, -0.05) is 17.8 Å². The molecule has 0 amide bonds. The summed E-state index contributed by atoms with van der Waals surface area (Å²) in [5.74, 6) is -0.234. The summed E-state index contributed by atoms with van der Waals surface area (Å²) in [6.45, 7) is 3.98. The number of benzene rings is 1. The molecular formula is C15H14FN3S2. The normalized spacial score (nSPS) is 11.2. The van der Waals surface area contributed by atoms with Gasteiger partial charge in [0.15, 0.2) is 5.65 Å². The van der Waals surface area contributed by atoms with E-state index in [4.69, 9.17) is 0 Å². The molecule has 0 aliphatic carbocycles. The summed E-state index contributed by atoms with van der Waals surface area (Å²) in [6, 6.07) is 8.58. The fourth-order valence-electron chi connectivity index (χ4n) is 2.15. The number of aryl methyl sites for hydroxylation is 2. The monoisotopic (exact) mass is 319 g/mol. The van der Waals surface area contributed by atoms with Crippen molar-refractivity contribution in [1.82, 2.24) is 14.6 Å². The molecule has 0 unspecified atom stereocenters. The maximum absolute atomic E-state index is 13.4. The van der Waals surface area contributed by atoms with Crippen LogP contribution in [0, 0.1) is 19.7 Å². The van der Waals surface area contributed by atoms with Crippen LogP contribution in [-0.4, -0.2) is 20.9 Å². The molecule has 108 valence electrons. The molecule has 0 radical (unpaired) electrons. The van der Waals surface area contributed by atoms with Crippen LogP contribution in [0.15, 0.2) is 45.1 Å². The number of hydrogen-bond acceptors (Lipinski definition) is 4. The van der Waals surface area contributed by atoms with Gasteiger partial charge in [0.05, 0.1) is 4.90 Å². The topological polar surface area (TPSA) is 30.2 Å². The van der Waals surface area contributed by atoms with E-state index in [2.05, 4.69) is 10.1 Å². The fraction of sp³-hybridized carbons (Fsp3) is 0.200. The zero-order valence-corrected chi connectivity index (χ0v) is 13.6. The van der Waals surface area contributed by atoms with Crippen molar-refractivity contribution >= 4 is 29.2 Å². The third kappa shape index (κ3) is 2.78. The fourth-order valence-corrected chi connectivity index (χ4v) is 3.87. The third-order valence-corrected chi connectivity index (χ3v) is 4.90. The van der Waals surface area contributed by atoms with Gasteiger partial charge in [-0.15, -0.1) is 11.8 Å². The first-order valence-electron chi connectivity index (χ1n) is 6.43. The Kier molecular flexibility index (Phi) is 3.91. The number of aromatic nitrogens is 3. The summed E-state index contributed by atoms with van der Waals surface area (Å²) >= 11 is 3.07. The predicted octanol–water partition coefficient (Wildman–Crippen LogP) is 4.36. The van der Waals surface area contributed by atoms with Crippen molar-refractivity contribution in [1.29, 1.82) is 0 Å². The molecule has 0 aliphatic heterocycles. The lowest BCUT2D eigenvalue weighted by molar-refractivity contribution is 0.624. The molecule has 3 nitrogen and oxygen atoms in total. The Morgan fingerprint density at radius 3 is 2.71 bits per heavy atom. The van der Waals surface area contributed by atoms with Gasteiger partial charge in [0.1, 0.15) is 10.8 Å². The minimum absolute atomic E-state index is 0.234. The highest BCUT2D eigenvalue weighted by Crippen LogP contribution is 2.37. The summed E-state index contributed by atoms with van der Waals surface area (Å²) in [4.78, 5) is 6.42. The van der Waals surface area contributed by atoms with Gasteiger partial charge >= 0.3 is 0 Å². The quantitative estimate of drug-likeness (QED) is 0.671. The second-order valence-corrected chi connectivity index (χ2v) is 6.55. The Morgan fingerprint density at radius 1 is 1.19 bits per heavy atom. The van der Waals surface area contributed by atoms with Crippen LogP contribution in [-0.2, 0) is 0 Å². The molecule has 0 saturated carbocycles. The van der Waals surface area contributed by atoms with Crippen LogP contribution in [0.25, 0.3) is 5.65 Å². The van der Waals surface area contributed by atoms with Crippen molar-refractivity contribution in [2.24, 2.45) is 0 Å². The van der Waals surface area contributed by atoms with E-state index in [0.717, 1.165) is 31.9 Å². The zero-order chi connectivity index (χ0) is 15.0. The second kappa shape index (κ2) is 5.69. The van der Waals surface area contributed by atoms with Gasteiger partial charge in [0.25, 0.3) is 0 Å². The average Bonchev–Trinajstić information content (AvgIpc) is 2.77. The zero-order valence-electron chi connectivity index (χ0n) is 11.9. The summed E-state index contributed by atoms with van der Waals surface area (Å²) in [7, 11) is 0. The molecule has 0 atom stereocenters. The van der Waals surface area contributed by atoms with Gasteiger partial charge in [0.2, 0.25) is 0 Å². The minimum atomic E-state index is -0.234. The molecule has 3 rings (SSSR count). The van der Waals surface area contributed by atoms with Crippen molar-refractivity contribution in [2.45, 2.75) is 28.7 Å². The van der Waals surface area contributed by atoms with E-state index in [1.807, 2.05) is 36.8 Å². The lowest BCUT2D eigenvalue weighted by Crippen LogP contribution is -1.97. The molecule has 2 aromatic heterocycles. The van der Waals surface area contributed by atoms with Crippen LogP contribution in [0.2, 0.25) is 0 Å². The first-order valence-corrected chi connectivity index (χ1v) is 8.47.